The number of nitrogens with one attached hydrogen (secondary N) is 1. The first-order valence-electron chi connectivity index (χ1n) is 12.6. The lowest BCUT2D eigenvalue weighted by Crippen LogP contribution is -2.53. The van der Waals surface area contributed by atoms with Crippen molar-refractivity contribution in [1.29, 1.82) is 0 Å². The number of carbonyl (C=O) groups excluding carboxylic acids is 3. The number of hydrogen-bond donors (Lipinski definition) is 1. The van der Waals surface area contributed by atoms with Gasteiger partial charge in [-0.1, -0.05) is 74.5 Å². The molecule has 7 nitrogen and oxygen atoms in total. The number of esters is 2. The molecule has 0 aliphatic carbocycles. The highest BCUT2D eigenvalue weighted by Gasteiger charge is 2.49. The minimum absolute atomic E-state index is 0.0171. The van der Waals surface area contributed by atoms with Gasteiger partial charge in [-0.3, -0.25) is 9.59 Å². The summed E-state index contributed by atoms with van der Waals surface area (Å²) in [6.07, 6.45) is -4.28. The highest BCUT2D eigenvalue weighted by Crippen LogP contribution is 2.31. The number of nitrogens with zero attached hydrogens (tertiary/aromatic N) is 1. The summed E-state index contributed by atoms with van der Waals surface area (Å²) in [5.41, 5.74) is 1.47. The third kappa shape index (κ3) is 8.05. The quantitative estimate of drug-likeness (QED) is 0.434. The number of halogens is 3. The molecule has 1 saturated heterocycles. The van der Waals surface area contributed by atoms with Gasteiger partial charge in [-0.2, -0.15) is 13.2 Å². The molecule has 0 saturated carbocycles. The van der Waals surface area contributed by atoms with E-state index < -0.39 is 54.5 Å². The van der Waals surface area contributed by atoms with Crippen molar-refractivity contribution in [3.05, 3.63) is 71.8 Å². The molecular formula is C28H33F3N2O5. The first-order valence-corrected chi connectivity index (χ1v) is 12.6. The number of amides is 1. The number of hydrogen-bond acceptors (Lipinski definition) is 6. The minimum atomic E-state index is -4.89. The molecule has 3 rings (SSSR count). The van der Waals surface area contributed by atoms with E-state index in [0.717, 1.165) is 16.0 Å². The van der Waals surface area contributed by atoms with Crippen LogP contribution < -0.4 is 5.32 Å². The summed E-state index contributed by atoms with van der Waals surface area (Å²) in [6, 6.07) is 15.6. The van der Waals surface area contributed by atoms with Crippen molar-refractivity contribution < 1.29 is 37.0 Å². The number of likely N-dealkylation sites (tertiary alicyclic amines) is 1. The van der Waals surface area contributed by atoms with E-state index in [-0.39, 0.29) is 26.2 Å². The van der Waals surface area contributed by atoms with Crippen LogP contribution in [-0.2, 0) is 37.1 Å². The molecule has 1 heterocycles. The smallest absolute Gasteiger partial charge is 0.401 e. The number of alkyl halides is 3. The van der Waals surface area contributed by atoms with Crippen LogP contribution in [0, 0.1) is 11.8 Å². The molecular weight excluding hydrogens is 501 g/mol. The Morgan fingerprint density at radius 3 is 2.03 bits per heavy atom. The first-order chi connectivity index (χ1) is 18.1. The van der Waals surface area contributed by atoms with Gasteiger partial charge in [0.25, 0.3) is 0 Å². The van der Waals surface area contributed by atoms with E-state index in [1.807, 2.05) is 6.07 Å². The van der Waals surface area contributed by atoms with Gasteiger partial charge in [-0.05, 0) is 29.9 Å². The predicted octanol–water partition coefficient (Wildman–Crippen LogP) is 4.26. The van der Waals surface area contributed by atoms with E-state index in [4.69, 9.17) is 9.47 Å². The topological polar surface area (TPSA) is 84.9 Å². The average Bonchev–Trinajstić information content (AvgIpc) is 3.38. The zero-order chi connectivity index (χ0) is 27.7. The van der Waals surface area contributed by atoms with E-state index >= 15 is 0 Å². The van der Waals surface area contributed by atoms with Crippen LogP contribution in [0.4, 0.5) is 13.2 Å². The summed E-state index contributed by atoms with van der Waals surface area (Å²) in [5.74, 6) is -5.49. The number of ether oxygens (including phenoxy) is 2. The van der Waals surface area contributed by atoms with Gasteiger partial charge in [0.15, 0.2) is 0 Å². The second kappa shape index (κ2) is 13.4. The maximum atomic E-state index is 14.0. The molecule has 0 unspecified atom stereocenters. The van der Waals surface area contributed by atoms with Crippen LogP contribution in [0.15, 0.2) is 60.7 Å². The predicted molar refractivity (Wildman–Crippen MR) is 133 cm³/mol. The molecule has 0 radical (unpaired) electrons. The molecule has 0 spiro atoms. The Labute approximate surface area is 220 Å². The van der Waals surface area contributed by atoms with Gasteiger partial charge in [0, 0.05) is 13.1 Å². The normalized spacial score (nSPS) is 17.2. The van der Waals surface area contributed by atoms with E-state index in [0.29, 0.717) is 6.42 Å². The fourth-order valence-corrected chi connectivity index (χ4v) is 4.30. The lowest BCUT2D eigenvalue weighted by molar-refractivity contribution is -0.191. The van der Waals surface area contributed by atoms with Crippen molar-refractivity contribution in [2.24, 2.45) is 11.8 Å². The monoisotopic (exact) mass is 534 g/mol. The Hall–Kier alpha value is -3.40. The standard InChI is InChI=1S/C28H33F3N2O5/c1-19(2)24(27(36)38-18-21-12-7-4-8-13-21)32-16-22(28(29,30)31)25(34)33-15-9-14-23(33)26(35)37-17-20-10-5-3-6-11-20/h3-8,10-13,19,22-24,32H,9,14-18H2,1-2H3/t22-,23-,24-/m0/s1. The molecule has 1 N–H and O–H groups in total. The van der Waals surface area contributed by atoms with E-state index in [9.17, 15) is 27.6 Å². The number of rotatable bonds is 11. The SMILES string of the molecule is CC(C)[C@H](NC[C@@H](C(=O)N1CCC[C@H]1C(=O)OCc1ccccc1)C(F)(F)F)C(=O)OCc1ccccc1. The third-order valence-electron chi connectivity index (χ3n) is 6.41. The summed E-state index contributed by atoms with van der Waals surface area (Å²) < 4.78 is 52.7. The molecule has 10 heteroatoms. The summed E-state index contributed by atoms with van der Waals surface area (Å²) in [4.78, 5) is 39.4. The largest absolute Gasteiger partial charge is 0.460 e. The van der Waals surface area contributed by atoms with Crippen LogP contribution in [0.1, 0.15) is 37.8 Å². The van der Waals surface area contributed by atoms with Crippen LogP contribution >= 0.6 is 0 Å². The van der Waals surface area contributed by atoms with Gasteiger partial charge in [0.05, 0.1) is 0 Å². The molecule has 1 aliphatic rings. The Morgan fingerprint density at radius 1 is 0.947 bits per heavy atom. The van der Waals surface area contributed by atoms with Crippen LogP contribution in [-0.4, -0.2) is 54.1 Å². The van der Waals surface area contributed by atoms with Crippen molar-refractivity contribution in [2.45, 2.75) is 58.2 Å². The van der Waals surface area contributed by atoms with Crippen molar-refractivity contribution in [2.75, 3.05) is 13.1 Å². The molecule has 0 bridgehead atoms. The van der Waals surface area contributed by atoms with Gasteiger partial charge in [0.1, 0.15) is 31.2 Å². The minimum Gasteiger partial charge on any atom is -0.460 e. The molecule has 206 valence electrons. The Kier molecular flexibility index (Phi) is 10.3. The zero-order valence-corrected chi connectivity index (χ0v) is 21.4. The van der Waals surface area contributed by atoms with Gasteiger partial charge in [0.2, 0.25) is 5.91 Å². The Bertz CT molecular complexity index is 1060. The molecule has 38 heavy (non-hydrogen) atoms. The number of carbonyl (C=O) groups is 3. The third-order valence-corrected chi connectivity index (χ3v) is 6.41. The highest BCUT2D eigenvalue weighted by atomic mass is 19.4. The lowest BCUT2D eigenvalue weighted by Gasteiger charge is -2.30. The molecule has 1 aliphatic heterocycles. The number of benzene rings is 2. The van der Waals surface area contributed by atoms with Crippen molar-refractivity contribution in [3.8, 4) is 0 Å². The van der Waals surface area contributed by atoms with Crippen LogP contribution in [0.25, 0.3) is 0 Å². The van der Waals surface area contributed by atoms with Crippen molar-refractivity contribution >= 4 is 17.8 Å². The fourth-order valence-electron chi connectivity index (χ4n) is 4.30. The molecule has 0 aromatic heterocycles. The van der Waals surface area contributed by atoms with Crippen molar-refractivity contribution in [3.63, 3.8) is 0 Å². The highest BCUT2D eigenvalue weighted by molar-refractivity contribution is 5.87. The molecule has 2 aromatic carbocycles. The second-order valence-electron chi connectivity index (χ2n) is 9.60. The van der Waals surface area contributed by atoms with E-state index in [1.165, 1.54) is 0 Å². The Balaban J connectivity index is 1.63. The first kappa shape index (κ1) is 29.2. The summed E-state index contributed by atoms with van der Waals surface area (Å²) in [6.45, 7) is 2.48. The maximum Gasteiger partial charge on any atom is 0.401 e. The van der Waals surface area contributed by atoms with Crippen molar-refractivity contribution in [1.82, 2.24) is 10.2 Å². The van der Waals surface area contributed by atoms with Gasteiger partial charge >= 0.3 is 18.1 Å². The van der Waals surface area contributed by atoms with Crippen LogP contribution in [0.5, 0.6) is 0 Å². The van der Waals surface area contributed by atoms with Crippen LogP contribution in [0.3, 0.4) is 0 Å². The van der Waals surface area contributed by atoms with Crippen LogP contribution in [0.2, 0.25) is 0 Å². The maximum absolute atomic E-state index is 14.0. The molecule has 3 atom stereocenters. The summed E-state index contributed by atoms with van der Waals surface area (Å²) in [7, 11) is 0. The van der Waals surface area contributed by atoms with E-state index in [2.05, 4.69) is 5.32 Å². The summed E-state index contributed by atoms with van der Waals surface area (Å²) >= 11 is 0. The zero-order valence-electron chi connectivity index (χ0n) is 21.4. The van der Waals surface area contributed by atoms with Gasteiger partial charge in [-0.15, -0.1) is 0 Å². The molecule has 2 aromatic rings. The average molecular weight is 535 g/mol. The Morgan fingerprint density at radius 2 is 1.50 bits per heavy atom. The molecule has 1 fully saturated rings. The fraction of sp³-hybridized carbons (Fsp3) is 0.464. The molecule has 1 amide bonds. The van der Waals surface area contributed by atoms with E-state index in [1.54, 1.807) is 68.4 Å². The second-order valence-corrected chi connectivity index (χ2v) is 9.60. The summed E-state index contributed by atoms with van der Waals surface area (Å²) in [5, 5.41) is 2.60. The van der Waals surface area contributed by atoms with Gasteiger partial charge < -0.3 is 19.7 Å². The van der Waals surface area contributed by atoms with Gasteiger partial charge in [-0.25, -0.2) is 4.79 Å². The lowest BCUT2D eigenvalue weighted by atomic mass is 10.0.